The van der Waals surface area contributed by atoms with Crippen molar-refractivity contribution < 1.29 is 0 Å². The Labute approximate surface area is 94.6 Å². The Balaban J connectivity index is 1.83. The molecule has 0 spiro atoms. The molecule has 0 radical (unpaired) electrons. The number of nitrogens with zero attached hydrogens (tertiary/aromatic N) is 1. The van der Waals surface area contributed by atoms with Crippen LogP contribution in [-0.4, -0.2) is 50.2 Å². The van der Waals surface area contributed by atoms with Crippen molar-refractivity contribution in [3.05, 3.63) is 0 Å². The third-order valence-corrected chi connectivity index (χ3v) is 2.91. The Kier molecular flexibility index (Phi) is 6.98. The highest BCUT2D eigenvalue weighted by Crippen LogP contribution is 2.06. The van der Waals surface area contributed by atoms with E-state index in [0.717, 1.165) is 19.6 Å². The van der Waals surface area contributed by atoms with Crippen molar-refractivity contribution in [3.63, 3.8) is 0 Å². The summed E-state index contributed by atoms with van der Waals surface area (Å²) in [6.07, 6.45) is 4.23. The number of piperidine rings is 1. The zero-order valence-corrected chi connectivity index (χ0v) is 10.4. The van der Waals surface area contributed by atoms with Gasteiger partial charge in [-0.3, -0.25) is 0 Å². The quantitative estimate of drug-likeness (QED) is 0.619. The number of nitrogens with one attached hydrogen (secondary N) is 2. The normalized spacial score (nSPS) is 18.6. The molecule has 1 heterocycles. The van der Waals surface area contributed by atoms with Crippen molar-refractivity contribution in [2.75, 3.05) is 39.3 Å². The van der Waals surface area contributed by atoms with Crippen LogP contribution in [0.4, 0.5) is 0 Å². The monoisotopic (exact) mass is 213 g/mol. The Morgan fingerprint density at radius 2 is 1.73 bits per heavy atom. The first kappa shape index (κ1) is 12.9. The molecule has 1 aliphatic rings. The van der Waals surface area contributed by atoms with Gasteiger partial charge in [-0.05, 0) is 25.9 Å². The summed E-state index contributed by atoms with van der Waals surface area (Å²) in [7, 11) is 0. The van der Waals surface area contributed by atoms with Crippen molar-refractivity contribution in [3.8, 4) is 0 Å². The highest BCUT2D eigenvalue weighted by molar-refractivity contribution is 4.65. The second-order valence-corrected chi connectivity index (χ2v) is 4.76. The van der Waals surface area contributed by atoms with Crippen molar-refractivity contribution in [1.29, 1.82) is 0 Å². The van der Waals surface area contributed by atoms with Crippen LogP contribution in [0.25, 0.3) is 0 Å². The van der Waals surface area contributed by atoms with Gasteiger partial charge in [-0.25, -0.2) is 0 Å². The Morgan fingerprint density at radius 3 is 2.40 bits per heavy atom. The third-order valence-electron chi connectivity index (χ3n) is 2.91. The maximum absolute atomic E-state index is 3.48. The topological polar surface area (TPSA) is 27.3 Å². The van der Waals surface area contributed by atoms with Gasteiger partial charge in [0, 0.05) is 32.2 Å². The molecule has 1 fully saturated rings. The van der Waals surface area contributed by atoms with Crippen molar-refractivity contribution in [2.24, 2.45) is 0 Å². The Hall–Kier alpha value is -0.120. The van der Waals surface area contributed by atoms with E-state index in [2.05, 4.69) is 29.4 Å². The van der Waals surface area contributed by atoms with Crippen LogP contribution in [0.3, 0.4) is 0 Å². The molecule has 1 rings (SSSR count). The molecule has 90 valence electrons. The second kappa shape index (κ2) is 8.08. The van der Waals surface area contributed by atoms with Gasteiger partial charge in [0.05, 0.1) is 0 Å². The molecule has 3 heteroatoms. The fraction of sp³-hybridized carbons (Fsp3) is 1.00. The molecule has 0 aromatic carbocycles. The summed E-state index contributed by atoms with van der Waals surface area (Å²) < 4.78 is 0. The first-order chi connectivity index (χ1) is 7.29. The largest absolute Gasteiger partial charge is 0.314 e. The minimum Gasteiger partial charge on any atom is -0.314 e. The third kappa shape index (κ3) is 6.88. The van der Waals surface area contributed by atoms with Crippen LogP contribution in [0.1, 0.15) is 33.1 Å². The SMILES string of the molecule is CC(C)NCCNCCN1CCCCC1. The Morgan fingerprint density at radius 1 is 1.00 bits per heavy atom. The van der Waals surface area contributed by atoms with E-state index in [9.17, 15) is 0 Å². The van der Waals surface area contributed by atoms with Crippen LogP contribution in [-0.2, 0) is 0 Å². The summed E-state index contributed by atoms with van der Waals surface area (Å²) >= 11 is 0. The summed E-state index contributed by atoms with van der Waals surface area (Å²) in [5, 5.41) is 6.89. The van der Waals surface area contributed by atoms with Crippen LogP contribution in [0.2, 0.25) is 0 Å². The molecule has 1 aliphatic heterocycles. The molecule has 0 amide bonds. The van der Waals surface area contributed by atoms with Crippen molar-refractivity contribution in [2.45, 2.75) is 39.2 Å². The molecule has 1 saturated heterocycles. The average molecular weight is 213 g/mol. The molecule has 2 N–H and O–H groups in total. The van der Waals surface area contributed by atoms with E-state index < -0.39 is 0 Å². The van der Waals surface area contributed by atoms with Gasteiger partial charge in [0.2, 0.25) is 0 Å². The van der Waals surface area contributed by atoms with E-state index >= 15 is 0 Å². The zero-order chi connectivity index (χ0) is 10.9. The van der Waals surface area contributed by atoms with Gasteiger partial charge in [-0.1, -0.05) is 20.3 Å². The number of rotatable bonds is 7. The molecule has 15 heavy (non-hydrogen) atoms. The smallest absolute Gasteiger partial charge is 0.0107 e. The number of hydrogen-bond donors (Lipinski definition) is 2. The standard InChI is InChI=1S/C12H27N3/c1-12(2)14-7-6-13-8-11-15-9-4-3-5-10-15/h12-14H,3-11H2,1-2H3. The van der Waals surface area contributed by atoms with E-state index in [-0.39, 0.29) is 0 Å². The number of hydrogen-bond acceptors (Lipinski definition) is 3. The predicted octanol–water partition coefficient (Wildman–Crippen LogP) is 1.06. The summed E-state index contributed by atoms with van der Waals surface area (Å²) in [5.41, 5.74) is 0. The number of likely N-dealkylation sites (tertiary alicyclic amines) is 1. The van der Waals surface area contributed by atoms with Crippen LogP contribution >= 0.6 is 0 Å². The zero-order valence-electron chi connectivity index (χ0n) is 10.4. The fourth-order valence-corrected chi connectivity index (χ4v) is 1.99. The summed E-state index contributed by atoms with van der Waals surface area (Å²) in [4.78, 5) is 2.58. The lowest BCUT2D eigenvalue weighted by atomic mass is 10.1. The minimum absolute atomic E-state index is 0.605. The lowest BCUT2D eigenvalue weighted by Gasteiger charge is -2.26. The van der Waals surface area contributed by atoms with Crippen molar-refractivity contribution >= 4 is 0 Å². The summed E-state index contributed by atoms with van der Waals surface area (Å²) in [5.74, 6) is 0. The van der Waals surface area contributed by atoms with Gasteiger partial charge in [0.1, 0.15) is 0 Å². The lowest BCUT2D eigenvalue weighted by molar-refractivity contribution is 0.229. The van der Waals surface area contributed by atoms with Gasteiger partial charge in [-0.2, -0.15) is 0 Å². The molecule has 0 aromatic heterocycles. The van der Waals surface area contributed by atoms with Crippen molar-refractivity contribution in [1.82, 2.24) is 15.5 Å². The summed E-state index contributed by atoms with van der Waals surface area (Å²) in [6, 6.07) is 0.605. The van der Waals surface area contributed by atoms with Gasteiger partial charge >= 0.3 is 0 Å². The highest BCUT2D eigenvalue weighted by Gasteiger charge is 2.08. The van der Waals surface area contributed by atoms with Crippen LogP contribution in [0.15, 0.2) is 0 Å². The molecule has 0 aromatic rings. The molecule has 0 saturated carbocycles. The van der Waals surface area contributed by atoms with Gasteiger partial charge in [-0.15, -0.1) is 0 Å². The Bertz CT molecular complexity index is 142. The molecule has 0 unspecified atom stereocenters. The van der Waals surface area contributed by atoms with Gasteiger partial charge in [0.25, 0.3) is 0 Å². The van der Waals surface area contributed by atoms with E-state index in [1.54, 1.807) is 0 Å². The molecule has 0 atom stereocenters. The van der Waals surface area contributed by atoms with Gasteiger partial charge < -0.3 is 15.5 Å². The van der Waals surface area contributed by atoms with Gasteiger partial charge in [0.15, 0.2) is 0 Å². The minimum atomic E-state index is 0.605. The van der Waals surface area contributed by atoms with E-state index in [4.69, 9.17) is 0 Å². The summed E-state index contributed by atoms with van der Waals surface area (Å²) in [6.45, 7) is 11.5. The molecule has 0 aliphatic carbocycles. The maximum Gasteiger partial charge on any atom is 0.0107 e. The highest BCUT2D eigenvalue weighted by atomic mass is 15.1. The fourth-order valence-electron chi connectivity index (χ4n) is 1.99. The van der Waals surface area contributed by atoms with E-state index in [0.29, 0.717) is 6.04 Å². The maximum atomic E-state index is 3.48. The van der Waals surface area contributed by atoms with Crippen LogP contribution in [0.5, 0.6) is 0 Å². The molecular weight excluding hydrogens is 186 g/mol. The van der Waals surface area contributed by atoms with E-state index in [1.165, 1.54) is 38.9 Å². The average Bonchev–Trinajstić information content (AvgIpc) is 2.24. The van der Waals surface area contributed by atoms with Crippen LogP contribution in [0, 0.1) is 0 Å². The van der Waals surface area contributed by atoms with E-state index in [1.807, 2.05) is 0 Å². The van der Waals surface area contributed by atoms with Crippen LogP contribution < -0.4 is 10.6 Å². The lowest BCUT2D eigenvalue weighted by Crippen LogP contribution is -2.38. The molecule has 3 nitrogen and oxygen atoms in total. The first-order valence-electron chi connectivity index (χ1n) is 6.45. The predicted molar refractivity (Wildman–Crippen MR) is 66.3 cm³/mol. The molecular formula is C12H27N3. The first-order valence-corrected chi connectivity index (χ1v) is 6.45. The molecule has 0 bridgehead atoms. The second-order valence-electron chi connectivity index (χ2n) is 4.76.